The van der Waals surface area contributed by atoms with E-state index in [-0.39, 0.29) is 0 Å². The lowest BCUT2D eigenvalue weighted by atomic mass is 9.78. The molecule has 1 N–H and O–H groups in total. The van der Waals surface area contributed by atoms with Gasteiger partial charge in [-0.3, -0.25) is 4.68 Å². The van der Waals surface area contributed by atoms with Crippen molar-refractivity contribution in [3.05, 3.63) is 18.0 Å². The maximum Gasteiger partial charge on any atom is 0.0521 e. The fourth-order valence-electron chi connectivity index (χ4n) is 2.38. The van der Waals surface area contributed by atoms with Gasteiger partial charge in [0.1, 0.15) is 0 Å². The van der Waals surface area contributed by atoms with E-state index in [1.807, 2.05) is 17.9 Å². The van der Waals surface area contributed by atoms with Crippen molar-refractivity contribution in [2.45, 2.75) is 38.1 Å². The Kier molecular flexibility index (Phi) is 3.41. The first-order valence-corrected chi connectivity index (χ1v) is 5.94. The van der Waals surface area contributed by atoms with Crippen molar-refractivity contribution in [2.24, 2.45) is 13.0 Å². The Labute approximate surface area is 91.9 Å². The molecule has 0 spiro atoms. The van der Waals surface area contributed by atoms with E-state index < -0.39 is 0 Å². The summed E-state index contributed by atoms with van der Waals surface area (Å²) in [6, 6.07) is 0.707. The fourth-order valence-corrected chi connectivity index (χ4v) is 2.38. The summed E-state index contributed by atoms with van der Waals surface area (Å²) in [5.74, 6) is 0.923. The van der Waals surface area contributed by atoms with Gasteiger partial charge in [-0.1, -0.05) is 6.42 Å². The molecule has 0 saturated heterocycles. The number of nitrogens with one attached hydrogen (secondary N) is 1. The summed E-state index contributed by atoms with van der Waals surface area (Å²) in [7, 11) is 4.07. The third kappa shape index (κ3) is 2.59. The highest BCUT2D eigenvalue weighted by Gasteiger charge is 2.25. The van der Waals surface area contributed by atoms with Crippen LogP contribution in [0.2, 0.25) is 0 Å². The van der Waals surface area contributed by atoms with Gasteiger partial charge in [0.25, 0.3) is 0 Å². The molecular formula is C12H21N3. The first-order chi connectivity index (χ1) is 7.29. The minimum Gasteiger partial charge on any atom is -0.317 e. The predicted molar refractivity (Wildman–Crippen MR) is 61.7 cm³/mol. The zero-order valence-electron chi connectivity index (χ0n) is 9.74. The number of rotatable bonds is 5. The normalized spacial score (nSPS) is 18.8. The molecule has 1 aromatic rings. The molecular weight excluding hydrogens is 186 g/mol. The highest BCUT2D eigenvalue weighted by atomic mass is 15.2. The zero-order valence-corrected chi connectivity index (χ0v) is 9.74. The largest absolute Gasteiger partial charge is 0.317 e. The minimum absolute atomic E-state index is 0.707. The lowest BCUT2D eigenvalue weighted by molar-refractivity contribution is 0.228. The van der Waals surface area contributed by atoms with E-state index in [9.17, 15) is 0 Å². The van der Waals surface area contributed by atoms with Gasteiger partial charge in [-0.25, -0.2) is 0 Å². The van der Waals surface area contributed by atoms with Gasteiger partial charge >= 0.3 is 0 Å². The van der Waals surface area contributed by atoms with Crippen LogP contribution in [-0.4, -0.2) is 22.9 Å². The summed E-state index contributed by atoms with van der Waals surface area (Å²) in [6.45, 7) is 0. The summed E-state index contributed by atoms with van der Waals surface area (Å²) in [5, 5.41) is 7.65. The van der Waals surface area contributed by atoms with Gasteiger partial charge in [0.2, 0.25) is 0 Å². The maximum absolute atomic E-state index is 4.20. The first-order valence-electron chi connectivity index (χ1n) is 5.94. The van der Waals surface area contributed by atoms with Gasteiger partial charge in [0.05, 0.1) is 6.20 Å². The molecule has 1 aliphatic rings. The molecule has 0 bridgehead atoms. The SMILES string of the molecule is CNC(CCc1cnn(C)c1)C1CCC1. The maximum atomic E-state index is 4.20. The van der Waals surface area contributed by atoms with Crippen LogP contribution in [0, 0.1) is 5.92 Å². The fraction of sp³-hybridized carbons (Fsp3) is 0.750. The summed E-state index contributed by atoms with van der Waals surface area (Å²) in [4.78, 5) is 0. The average Bonchev–Trinajstić information content (AvgIpc) is 2.55. The molecule has 0 amide bonds. The molecule has 1 aliphatic carbocycles. The van der Waals surface area contributed by atoms with E-state index in [1.54, 1.807) is 0 Å². The molecule has 1 atom stereocenters. The molecule has 1 unspecified atom stereocenters. The molecule has 0 aliphatic heterocycles. The topological polar surface area (TPSA) is 29.9 Å². The Morgan fingerprint density at radius 2 is 2.40 bits per heavy atom. The highest BCUT2D eigenvalue weighted by Crippen LogP contribution is 2.31. The second kappa shape index (κ2) is 4.79. The number of aryl methyl sites for hydroxylation is 2. The molecule has 84 valence electrons. The van der Waals surface area contributed by atoms with Crippen LogP contribution >= 0.6 is 0 Å². The number of hydrogen-bond donors (Lipinski definition) is 1. The van der Waals surface area contributed by atoms with Crippen molar-refractivity contribution in [3.63, 3.8) is 0 Å². The van der Waals surface area contributed by atoms with E-state index in [0.717, 1.165) is 12.3 Å². The second-order valence-corrected chi connectivity index (χ2v) is 4.65. The minimum atomic E-state index is 0.707. The standard InChI is InChI=1S/C12H21N3/c1-13-12(11-4-3-5-11)7-6-10-8-14-15(2)9-10/h8-9,11-13H,3-7H2,1-2H3. The molecule has 1 fully saturated rings. The van der Waals surface area contributed by atoms with Gasteiger partial charge in [0.15, 0.2) is 0 Å². The van der Waals surface area contributed by atoms with Crippen LogP contribution in [0.5, 0.6) is 0 Å². The van der Waals surface area contributed by atoms with Crippen LogP contribution < -0.4 is 5.32 Å². The lowest BCUT2D eigenvalue weighted by Gasteiger charge is -2.33. The molecule has 0 aromatic carbocycles. The molecule has 15 heavy (non-hydrogen) atoms. The highest BCUT2D eigenvalue weighted by molar-refractivity contribution is 5.04. The van der Waals surface area contributed by atoms with Gasteiger partial charge in [-0.2, -0.15) is 5.10 Å². The van der Waals surface area contributed by atoms with E-state index in [2.05, 4.69) is 23.7 Å². The molecule has 3 heteroatoms. The van der Waals surface area contributed by atoms with Gasteiger partial charge in [-0.05, 0) is 44.2 Å². The van der Waals surface area contributed by atoms with Crippen molar-refractivity contribution in [2.75, 3.05) is 7.05 Å². The second-order valence-electron chi connectivity index (χ2n) is 4.65. The Bertz CT molecular complexity index is 302. The van der Waals surface area contributed by atoms with Gasteiger partial charge in [-0.15, -0.1) is 0 Å². The van der Waals surface area contributed by atoms with Crippen LogP contribution in [0.25, 0.3) is 0 Å². The average molecular weight is 207 g/mol. The van der Waals surface area contributed by atoms with Gasteiger partial charge in [0, 0.05) is 19.3 Å². The van der Waals surface area contributed by atoms with Crippen LogP contribution in [-0.2, 0) is 13.5 Å². The van der Waals surface area contributed by atoms with Gasteiger partial charge < -0.3 is 5.32 Å². The smallest absolute Gasteiger partial charge is 0.0521 e. The third-order valence-electron chi connectivity index (χ3n) is 3.59. The van der Waals surface area contributed by atoms with E-state index >= 15 is 0 Å². The Hall–Kier alpha value is -0.830. The molecule has 3 nitrogen and oxygen atoms in total. The number of nitrogens with zero attached hydrogens (tertiary/aromatic N) is 2. The van der Waals surface area contributed by atoms with Crippen molar-refractivity contribution in [1.29, 1.82) is 0 Å². The Morgan fingerprint density at radius 1 is 1.60 bits per heavy atom. The lowest BCUT2D eigenvalue weighted by Crippen LogP contribution is -2.37. The monoisotopic (exact) mass is 207 g/mol. The predicted octanol–water partition coefficient (Wildman–Crippen LogP) is 1.74. The summed E-state index contributed by atoms with van der Waals surface area (Å²) in [6.07, 6.45) is 10.7. The number of hydrogen-bond acceptors (Lipinski definition) is 2. The molecule has 0 radical (unpaired) electrons. The van der Waals surface area contributed by atoms with Crippen molar-refractivity contribution >= 4 is 0 Å². The van der Waals surface area contributed by atoms with Crippen LogP contribution in [0.15, 0.2) is 12.4 Å². The van der Waals surface area contributed by atoms with Crippen LogP contribution in [0.1, 0.15) is 31.2 Å². The van der Waals surface area contributed by atoms with Crippen molar-refractivity contribution < 1.29 is 0 Å². The van der Waals surface area contributed by atoms with Crippen LogP contribution in [0.4, 0.5) is 0 Å². The van der Waals surface area contributed by atoms with Crippen LogP contribution in [0.3, 0.4) is 0 Å². The summed E-state index contributed by atoms with van der Waals surface area (Å²) in [5.41, 5.74) is 1.36. The third-order valence-corrected chi connectivity index (χ3v) is 3.59. The van der Waals surface area contributed by atoms with Crippen molar-refractivity contribution in [3.8, 4) is 0 Å². The van der Waals surface area contributed by atoms with E-state index in [1.165, 1.54) is 31.2 Å². The van der Waals surface area contributed by atoms with E-state index in [0.29, 0.717) is 6.04 Å². The van der Waals surface area contributed by atoms with Crippen molar-refractivity contribution in [1.82, 2.24) is 15.1 Å². The summed E-state index contributed by atoms with van der Waals surface area (Å²) < 4.78 is 1.88. The molecule has 1 heterocycles. The number of aromatic nitrogens is 2. The molecule has 2 rings (SSSR count). The Morgan fingerprint density at radius 3 is 2.87 bits per heavy atom. The quantitative estimate of drug-likeness (QED) is 0.797. The summed E-state index contributed by atoms with van der Waals surface area (Å²) >= 11 is 0. The first kappa shape index (κ1) is 10.7. The molecule has 1 saturated carbocycles. The Balaban J connectivity index is 1.80. The zero-order chi connectivity index (χ0) is 10.7. The van der Waals surface area contributed by atoms with E-state index in [4.69, 9.17) is 0 Å². The molecule has 1 aromatic heterocycles.